The average Bonchev–Trinajstić information content (AvgIpc) is 3.08. The Kier molecular flexibility index (Phi) is 5.95. The van der Waals surface area contributed by atoms with Gasteiger partial charge in [-0.05, 0) is 25.2 Å². The maximum Gasteiger partial charge on any atom is 0.317 e. The lowest BCUT2D eigenvalue weighted by atomic mass is 10.0. The minimum Gasteiger partial charge on any atom is -0.394 e. The second kappa shape index (κ2) is 7.73. The molecule has 0 spiro atoms. The highest BCUT2D eigenvalue weighted by Crippen LogP contribution is 2.28. The van der Waals surface area contributed by atoms with Crippen molar-refractivity contribution in [2.45, 2.75) is 63.8 Å². The zero-order chi connectivity index (χ0) is 13.5. The zero-order valence-electron chi connectivity index (χ0n) is 11.9. The molecular formula is C15H28N2O2. The first-order chi connectivity index (χ1) is 9.31. The van der Waals surface area contributed by atoms with E-state index in [4.69, 9.17) is 0 Å². The van der Waals surface area contributed by atoms with Crippen LogP contribution in [0.25, 0.3) is 0 Å². The van der Waals surface area contributed by atoms with Crippen molar-refractivity contribution in [2.75, 3.05) is 19.7 Å². The number of nitrogens with one attached hydrogen (secondary N) is 1. The molecule has 0 unspecified atom stereocenters. The van der Waals surface area contributed by atoms with Gasteiger partial charge in [-0.1, -0.05) is 38.5 Å². The van der Waals surface area contributed by atoms with Gasteiger partial charge in [-0.25, -0.2) is 4.79 Å². The number of aliphatic hydroxyl groups excluding tert-OH is 1. The zero-order valence-corrected chi connectivity index (χ0v) is 11.9. The van der Waals surface area contributed by atoms with Crippen molar-refractivity contribution < 1.29 is 9.90 Å². The minimum atomic E-state index is 0.0115. The summed E-state index contributed by atoms with van der Waals surface area (Å²) in [5.41, 5.74) is 0. The summed E-state index contributed by atoms with van der Waals surface area (Å²) in [4.78, 5) is 13.7. The molecule has 0 aromatic carbocycles. The van der Waals surface area contributed by atoms with E-state index in [1.54, 1.807) is 4.90 Å². The fourth-order valence-corrected chi connectivity index (χ4v) is 3.45. The Balaban J connectivity index is 1.53. The Bertz CT molecular complexity index is 277. The third kappa shape index (κ3) is 4.37. The largest absolute Gasteiger partial charge is 0.394 e. The molecule has 2 aliphatic rings. The summed E-state index contributed by atoms with van der Waals surface area (Å²) in [6, 6.07) is 0.0518. The Morgan fingerprint density at radius 2 is 1.95 bits per heavy atom. The van der Waals surface area contributed by atoms with Gasteiger partial charge in [-0.3, -0.25) is 0 Å². The molecular weight excluding hydrogens is 240 g/mol. The van der Waals surface area contributed by atoms with Crippen LogP contribution < -0.4 is 5.32 Å². The predicted molar refractivity (Wildman–Crippen MR) is 76.0 cm³/mol. The van der Waals surface area contributed by atoms with E-state index >= 15 is 0 Å². The van der Waals surface area contributed by atoms with Gasteiger partial charge in [-0.15, -0.1) is 0 Å². The summed E-state index contributed by atoms with van der Waals surface area (Å²) in [5, 5.41) is 12.2. The first-order valence-corrected chi connectivity index (χ1v) is 7.96. The van der Waals surface area contributed by atoms with E-state index in [1.165, 1.54) is 38.5 Å². The molecule has 1 aliphatic heterocycles. The minimum absolute atomic E-state index is 0.0115. The number of amides is 2. The van der Waals surface area contributed by atoms with E-state index in [0.717, 1.165) is 38.3 Å². The van der Waals surface area contributed by atoms with Gasteiger partial charge in [0.05, 0.1) is 12.6 Å². The fraction of sp³-hybridized carbons (Fsp3) is 0.933. The quantitative estimate of drug-likeness (QED) is 0.727. The molecule has 1 saturated carbocycles. The van der Waals surface area contributed by atoms with Crippen molar-refractivity contribution in [1.82, 2.24) is 10.2 Å². The van der Waals surface area contributed by atoms with Gasteiger partial charge >= 0.3 is 6.03 Å². The van der Waals surface area contributed by atoms with Crippen LogP contribution in [0.3, 0.4) is 0 Å². The van der Waals surface area contributed by atoms with Crippen molar-refractivity contribution in [3.8, 4) is 0 Å². The lowest BCUT2D eigenvalue weighted by molar-refractivity contribution is 0.157. The van der Waals surface area contributed by atoms with Gasteiger partial charge in [-0.2, -0.15) is 0 Å². The molecule has 110 valence electrons. The maximum absolute atomic E-state index is 11.9. The number of unbranched alkanes of at least 4 members (excludes halogenated alkanes) is 1. The highest BCUT2D eigenvalue weighted by molar-refractivity contribution is 5.74. The third-order valence-corrected chi connectivity index (χ3v) is 4.64. The first-order valence-electron chi connectivity index (χ1n) is 7.96. The number of likely N-dealkylation sites (tertiary alicyclic amines) is 1. The number of carbonyl (C=O) groups excluding carboxylic acids is 1. The SMILES string of the molecule is O=C(NCCCCC1CCCC1)N1CCC[C@H]1CO. The number of rotatable bonds is 6. The van der Waals surface area contributed by atoms with Crippen molar-refractivity contribution in [1.29, 1.82) is 0 Å². The maximum atomic E-state index is 11.9. The Morgan fingerprint density at radius 1 is 1.16 bits per heavy atom. The molecule has 1 heterocycles. The van der Waals surface area contributed by atoms with Crippen LogP contribution in [-0.2, 0) is 0 Å². The summed E-state index contributed by atoms with van der Waals surface area (Å²) in [7, 11) is 0. The van der Waals surface area contributed by atoms with E-state index in [9.17, 15) is 9.90 Å². The van der Waals surface area contributed by atoms with Gasteiger partial charge in [0, 0.05) is 13.1 Å². The van der Waals surface area contributed by atoms with Crippen LogP contribution >= 0.6 is 0 Å². The van der Waals surface area contributed by atoms with Crippen molar-refractivity contribution in [2.24, 2.45) is 5.92 Å². The molecule has 0 aromatic rings. The number of carbonyl (C=O) groups is 1. The van der Waals surface area contributed by atoms with Crippen LogP contribution in [0.5, 0.6) is 0 Å². The van der Waals surface area contributed by atoms with Crippen LogP contribution in [0.4, 0.5) is 4.79 Å². The summed E-state index contributed by atoms with van der Waals surface area (Å²) >= 11 is 0. The Morgan fingerprint density at radius 3 is 2.68 bits per heavy atom. The van der Waals surface area contributed by atoms with Crippen LogP contribution in [0.15, 0.2) is 0 Å². The smallest absolute Gasteiger partial charge is 0.317 e. The van der Waals surface area contributed by atoms with Crippen molar-refractivity contribution >= 4 is 6.03 Å². The molecule has 1 saturated heterocycles. The first kappa shape index (κ1) is 14.6. The number of hydrogen-bond donors (Lipinski definition) is 2. The molecule has 2 fully saturated rings. The highest BCUT2D eigenvalue weighted by atomic mass is 16.3. The molecule has 1 atom stereocenters. The van der Waals surface area contributed by atoms with Gasteiger partial charge < -0.3 is 15.3 Å². The molecule has 4 heteroatoms. The molecule has 0 radical (unpaired) electrons. The van der Waals surface area contributed by atoms with Gasteiger partial charge in [0.25, 0.3) is 0 Å². The molecule has 19 heavy (non-hydrogen) atoms. The summed E-state index contributed by atoms with van der Waals surface area (Å²) < 4.78 is 0. The van der Waals surface area contributed by atoms with Crippen LogP contribution in [0.2, 0.25) is 0 Å². The second-order valence-electron chi connectivity index (χ2n) is 6.05. The Labute approximate surface area is 116 Å². The van der Waals surface area contributed by atoms with E-state index in [1.807, 2.05) is 0 Å². The topological polar surface area (TPSA) is 52.6 Å². The van der Waals surface area contributed by atoms with E-state index in [2.05, 4.69) is 5.32 Å². The predicted octanol–water partition coefficient (Wildman–Crippen LogP) is 2.51. The molecule has 1 aliphatic carbocycles. The average molecular weight is 268 g/mol. The van der Waals surface area contributed by atoms with E-state index < -0.39 is 0 Å². The monoisotopic (exact) mass is 268 g/mol. The standard InChI is InChI=1S/C15H28N2O2/c18-12-14-9-5-11-17(14)15(19)16-10-4-3-8-13-6-1-2-7-13/h13-14,18H,1-12H2,(H,16,19)/t14-/m0/s1. The summed E-state index contributed by atoms with van der Waals surface area (Å²) in [6.07, 6.45) is 11.3. The Hall–Kier alpha value is -0.770. The fourth-order valence-electron chi connectivity index (χ4n) is 3.45. The normalized spacial score (nSPS) is 24.1. The van der Waals surface area contributed by atoms with Crippen molar-refractivity contribution in [3.63, 3.8) is 0 Å². The summed E-state index contributed by atoms with van der Waals surface area (Å²) in [6.45, 7) is 1.66. The van der Waals surface area contributed by atoms with E-state index in [-0.39, 0.29) is 18.7 Å². The third-order valence-electron chi connectivity index (χ3n) is 4.64. The van der Waals surface area contributed by atoms with Gasteiger partial charge in [0.1, 0.15) is 0 Å². The van der Waals surface area contributed by atoms with Crippen LogP contribution in [0.1, 0.15) is 57.8 Å². The number of urea groups is 1. The molecule has 4 nitrogen and oxygen atoms in total. The lowest BCUT2D eigenvalue weighted by Crippen LogP contribution is -2.44. The molecule has 0 aromatic heterocycles. The molecule has 2 amide bonds. The summed E-state index contributed by atoms with van der Waals surface area (Å²) in [5.74, 6) is 0.952. The molecule has 2 N–H and O–H groups in total. The second-order valence-corrected chi connectivity index (χ2v) is 6.05. The van der Waals surface area contributed by atoms with Gasteiger partial charge in [0.2, 0.25) is 0 Å². The van der Waals surface area contributed by atoms with Crippen LogP contribution in [-0.4, -0.2) is 41.8 Å². The molecule has 2 rings (SSSR count). The van der Waals surface area contributed by atoms with Crippen molar-refractivity contribution in [3.05, 3.63) is 0 Å². The highest BCUT2D eigenvalue weighted by Gasteiger charge is 2.27. The van der Waals surface area contributed by atoms with E-state index in [0.29, 0.717) is 0 Å². The lowest BCUT2D eigenvalue weighted by Gasteiger charge is -2.23. The number of aliphatic hydroxyl groups is 1. The number of nitrogens with zero attached hydrogens (tertiary/aromatic N) is 1. The molecule has 0 bridgehead atoms. The van der Waals surface area contributed by atoms with Gasteiger partial charge in [0.15, 0.2) is 0 Å². The number of hydrogen-bond acceptors (Lipinski definition) is 2. The van der Waals surface area contributed by atoms with Crippen LogP contribution in [0, 0.1) is 5.92 Å².